The minimum absolute atomic E-state index is 0.0450. The molecule has 4 nitrogen and oxygen atoms in total. The van der Waals surface area contributed by atoms with E-state index in [1.165, 1.54) is 29.8 Å². The maximum atomic E-state index is 12.2. The third kappa shape index (κ3) is 4.69. The number of benzene rings is 2. The molecule has 0 saturated heterocycles. The maximum absolute atomic E-state index is 12.2. The van der Waals surface area contributed by atoms with E-state index in [0.29, 0.717) is 11.7 Å². The molecule has 0 N–H and O–H groups in total. The van der Waals surface area contributed by atoms with Crippen LogP contribution < -0.4 is 9.84 Å². The van der Waals surface area contributed by atoms with Crippen molar-refractivity contribution in [3.63, 3.8) is 0 Å². The van der Waals surface area contributed by atoms with E-state index in [9.17, 15) is 14.7 Å². The molecule has 1 unspecified atom stereocenters. The molecule has 2 aromatic rings. The Balaban J connectivity index is 2.02. The molecule has 0 aromatic heterocycles. The predicted molar refractivity (Wildman–Crippen MR) is 89.8 cm³/mol. The fourth-order valence-corrected chi connectivity index (χ4v) is 2.41. The van der Waals surface area contributed by atoms with Gasteiger partial charge < -0.3 is 14.6 Å². The quantitative estimate of drug-likeness (QED) is 0.605. The number of aromatic carboxylic acids is 1. The van der Waals surface area contributed by atoms with Crippen LogP contribution in [0, 0.1) is 5.92 Å². The van der Waals surface area contributed by atoms with Crippen molar-refractivity contribution in [2.45, 2.75) is 33.1 Å². The second-order valence-electron chi connectivity index (χ2n) is 6.29. The first-order valence-electron chi connectivity index (χ1n) is 7.98. The van der Waals surface area contributed by atoms with Crippen molar-refractivity contribution in [2.24, 2.45) is 5.92 Å². The molecule has 24 heavy (non-hydrogen) atoms. The molecule has 0 spiro atoms. The van der Waals surface area contributed by atoms with Crippen LogP contribution in [0.3, 0.4) is 0 Å². The first-order valence-corrected chi connectivity index (χ1v) is 7.98. The molecule has 1 atom stereocenters. The number of rotatable bonds is 6. The van der Waals surface area contributed by atoms with Gasteiger partial charge in [0.1, 0.15) is 5.75 Å². The van der Waals surface area contributed by atoms with Crippen LogP contribution >= 0.6 is 0 Å². The second-order valence-corrected chi connectivity index (χ2v) is 6.29. The van der Waals surface area contributed by atoms with Gasteiger partial charge in [0.05, 0.1) is 11.9 Å². The summed E-state index contributed by atoms with van der Waals surface area (Å²) in [6, 6.07) is 13.6. The van der Waals surface area contributed by atoms with E-state index >= 15 is 0 Å². The van der Waals surface area contributed by atoms with Crippen molar-refractivity contribution in [1.82, 2.24) is 0 Å². The Morgan fingerprint density at radius 3 is 2.04 bits per heavy atom. The molecule has 0 bridgehead atoms. The highest BCUT2D eigenvalue weighted by atomic mass is 16.5. The summed E-state index contributed by atoms with van der Waals surface area (Å²) in [6.07, 6.45) is 1.00. The summed E-state index contributed by atoms with van der Waals surface area (Å²) >= 11 is 0. The molecule has 0 aliphatic heterocycles. The van der Waals surface area contributed by atoms with Gasteiger partial charge in [-0.1, -0.05) is 38.1 Å². The first kappa shape index (κ1) is 17.7. The fraction of sp³-hybridized carbons (Fsp3) is 0.300. The van der Waals surface area contributed by atoms with E-state index < -0.39 is 11.9 Å². The minimum Gasteiger partial charge on any atom is -0.545 e. The number of carboxylic acids is 1. The summed E-state index contributed by atoms with van der Waals surface area (Å²) in [7, 11) is 0. The van der Waals surface area contributed by atoms with Gasteiger partial charge in [0.2, 0.25) is 0 Å². The van der Waals surface area contributed by atoms with E-state index in [4.69, 9.17) is 4.74 Å². The van der Waals surface area contributed by atoms with Crippen molar-refractivity contribution in [3.05, 3.63) is 65.2 Å². The Hall–Kier alpha value is -2.62. The van der Waals surface area contributed by atoms with Crippen LogP contribution in [-0.4, -0.2) is 11.9 Å². The van der Waals surface area contributed by atoms with Gasteiger partial charge in [-0.3, -0.25) is 4.79 Å². The van der Waals surface area contributed by atoms with Gasteiger partial charge in [-0.05, 0) is 60.2 Å². The monoisotopic (exact) mass is 325 g/mol. The van der Waals surface area contributed by atoms with Crippen LogP contribution in [0.4, 0.5) is 0 Å². The lowest BCUT2D eigenvalue weighted by Crippen LogP contribution is -2.22. The Kier molecular flexibility index (Phi) is 5.74. The molecule has 2 rings (SSSR count). The topological polar surface area (TPSA) is 66.4 Å². The zero-order valence-electron chi connectivity index (χ0n) is 14.1. The smallest absolute Gasteiger partial charge is 0.318 e. The Morgan fingerprint density at radius 1 is 0.958 bits per heavy atom. The largest absolute Gasteiger partial charge is 0.545 e. The van der Waals surface area contributed by atoms with E-state index in [-0.39, 0.29) is 11.5 Å². The highest BCUT2D eigenvalue weighted by molar-refractivity contribution is 5.86. The maximum Gasteiger partial charge on any atom is 0.318 e. The molecular formula is C20H21O4-. The SMILES string of the molecule is CC(C)Cc1ccc(C(C)C(=O)Oc2ccc(C(=O)[O-])cc2)cc1. The van der Waals surface area contributed by atoms with E-state index in [1.54, 1.807) is 6.92 Å². The molecule has 0 heterocycles. The van der Waals surface area contributed by atoms with Gasteiger partial charge in [0, 0.05) is 0 Å². The third-order valence-electron chi connectivity index (χ3n) is 3.79. The summed E-state index contributed by atoms with van der Waals surface area (Å²) < 4.78 is 5.31. The van der Waals surface area contributed by atoms with Gasteiger partial charge in [0.15, 0.2) is 0 Å². The number of hydrogen-bond acceptors (Lipinski definition) is 4. The molecule has 0 aliphatic carbocycles. The van der Waals surface area contributed by atoms with Crippen LogP contribution in [0.25, 0.3) is 0 Å². The fourth-order valence-electron chi connectivity index (χ4n) is 2.41. The number of carbonyl (C=O) groups is 2. The molecule has 126 valence electrons. The number of ether oxygens (including phenoxy) is 1. The average Bonchev–Trinajstić information content (AvgIpc) is 2.54. The van der Waals surface area contributed by atoms with Gasteiger partial charge in [-0.15, -0.1) is 0 Å². The first-order chi connectivity index (χ1) is 11.4. The highest BCUT2D eigenvalue weighted by Crippen LogP contribution is 2.21. The molecule has 0 fully saturated rings. The molecular weight excluding hydrogens is 304 g/mol. The number of hydrogen-bond donors (Lipinski definition) is 0. The zero-order valence-corrected chi connectivity index (χ0v) is 14.1. The Morgan fingerprint density at radius 2 is 1.54 bits per heavy atom. The average molecular weight is 325 g/mol. The third-order valence-corrected chi connectivity index (χ3v) is 3.79. The van der Waals surface area contributed by atoms with Crippen LogP contribution in [-0.2, 0) is 11.2 Å². The molecule has 2 aromatic carbocycles. The molecule has 0 amide bonds. The predicted octanol–water partition coefficient (Wildman–Crippen LogP) is 2.96. The minimum atomic E-state index is -1.26. The van der Waals surface area contributed by atoms with E-state index in [1.807, 2.05) is 24.3 Å². The lowest BCUT2D eigenvalue weighted by molar-refractivity contribution is -0.255. The summed E-state index contributed by atoms with van der Waals surface area (Å²) in [5.41, 5.74) is 2.18. The van der Waals surface area contributed by atoms with E-state index in [2.05, 4.69) is 13.8 Å². The number of carboxylic acid groups (broad SMARTS) is 1. The molecule has 0 aliphatic rings. The lowest BCUT2D eigenvalue weighted by atomic mass is 9.97. The number of carbonyl (C=O) groups excluding carboxylic acids is 2. The van der Waals surface area contributed by atoms with Gasteiger partial charge in [-0.2, -0.15) is 0 Å². The molecule has 0 saturated carbocycles. The second kappa shape index (κ2) is 7.77. The van der Waals surface area contributed by atoms with Crippen LogP contribution in [0.15, 0.2) is 48.5 Å². The molecule has 0 radical (unpaired) electrons. The van der Waals surface area contributed by atoms with Crippen molar-refractivity contribution < 1.29 is 19.4 Å². The zero-order chi connectivity index (χ0) is 17.7. The standard InChI is InChI=1S/C20H22O4/c1-13(2)12-15-4-6-16(7-5-15)14(3)20(23)24-18-10-8-17(9-11-18)19(21)22/h4-11,13-14H,12H2,1-3H3,(H,21,22)/p-1. The number of esters is 1. The Labute approximate surface area is 142 Å². The normalized spacial score (nSPS) is 12.0. The summed E-state index contributed by atoms with van der Waals surface area (Å²) in [4.78, 5) is 22.9. The van der Waals surface area contributed by atoms with Crippen LogP contribution in [0.5, 0.6) is 5.75 Å². The molecule has 4 heteroatoms. The van der Waals surface area contributed by atoms with Crippen LogP contribution in [0.2, 0.25) is 0 Å². The van der Waals surface area contributed by atoms with Gasteiger partial charge in [0.25, 0.3) is 0 Å². The highest BCUT2D eigenvalue weighted by Gasteiger charge is 2.17. The van der Waals surface area contributed by atoms with Crippen molar-refractivity contribution in [1.29, 1.82) is 0 Å². The van der Waals surface area contributed by atoms with Crippen LogP contribution in [0.1, 0.15) is 48.2 Å². The van der Waals surface area contributed by atoms with Crippen molar-refractivity contribution in [2.75, 3.05) is 0 Å². The van der Waals surface area contributed by atoms with Gasteiger partial charge in [-0.25, -0.2) is 0 Å². The van der Waals surface area contributed by atoms with Gasteiger partial charge >= 0.3 is 5.97 Å². The van der Waals surface area contributed by atoms with E-state index in [0.717, 1.165) is 12.0 Å². The van der Waals surface area contributed by atoms with Crippen molar-refractivity contribution in [3.8, 4) is 5.75 Å². The lowest BCUT2D eigenvalue weighted by Gasteiger charge is -2.13. The Bertz CT molecular complexity index is 699. The summed E-state index contributed by atoms with van der Waals surface area (Å²) in [5.74, 6) is -1.15. The van der Waals surface area contributed by atoms with Crippen molar-refractivity contribution >= 4 is 11.9 Å². The summed E-state index contributed by atoms with van der Waals surface area (Å²) in [6.45, 7) is 6.12. The summed E-state index contributed by atoms with van der Waals surface area (Å²) in [5, 5.41) is 10.7.